The summed E-state index contributed by atoms with van der Waals surface area (Å²) in [6.45, 7) is 3.33. The molecule has 1 amide bonds. The lowest BCUT2D eigenvalue weighted by molar-refractivity contribution is 0.0777. The summed E-state index contributed by atoms with van der Waals surface area (Å²) < 4.78 is 1.65. The lowest BCUT2D eigenvalue weighted by Gasteiger charge is -2.18. The highest BCUT2D eigenvalue weighted by Crippen LogP contribution is 2.11. The molecule has 2 aromatic heterocycles. The molecule has 0 atom stereocenters. The zero-order chi connectivity index (χ0) is 12.3. The van der Waals surface area contributed by atoms with Crippen LogP contribution < -0.4 is 0 Å². The Morgan fingerprint density at radius 3 is 3.06 bits per heavy atom. The second-order valence-electron chi connectivity index (χ2n) is 3.54. The molecule has 0 aliphatic rings. The molecule has 0 saturated carbocycles. The van der Waals surface area contributed by atoms with Crippen LogP contribution in [0, 0.1) is 0 Å². The average Bonchev–Trinajstić information content (AvgIpc) is 2.79. The Hall–Kier alpha value is -1.43. The Morgan fingerprint density at radius 1 is 1.53 bits per heavy atom. The number of nitrogens with zero attached hydrogens (tertiary/aromatic N) is 4. The maximum atomic E-state index is 12.3. The third kappa shape index (κ3) is 2.31. The average molecular weight is 297 g/mol. The Bertz CT molecular complexity index is 525. The number of carbonyl (C=O) groups is 1. The second-order valence-corrected chi connectivity index (χ2v) is 4.33. The minimum atomic E-state index is -0.00468. The van der Waals surface area contributed by atoms with Crippen molar-refractivity contribution >= 4 is 27.4 Å². The van der Waals surface area contributed by atoms with Gasteiger partial charge in [0.1, 0.15) is 0 Å². The number of hydrogen-bond donors (Lipinski definition) is 0. The van der Waals surface area contributed by atoms with Crippen LogP contribution >= 0.6 is 15.9 Å². The SMILES string of the molecule is CCN(CCBr)C(=O)c1cnn2ccncc12. The van der Waals surface area contributed by atoms with Gasteiger partial charge in [-0.05, 0) is 6.92 Å². The number of halogens is 1. The summed E-state index contributed by atoms with van der Waals surface area (Å²) in [6.07, 6.45) is 6.62. The van der Waals surface area contributed by atoms with Gasteiger partial charge in [0.05, 0.1) is 23.5 Å². The van der Waals surface area contributed by atoms with E-state index in [1.165, 1.54) is 0 Å². The number of carbonyl (C=O) groups excluding carboxylic acids is 1. The minimum Gasteiger partial charge on any atom is -0.338 e. The maximum absolute atomic E-state index is 12.3. The van der Waals surface area contributed by atoms with Gasteiger partial charge in [0, 0.05) is 30.8 Å². The maximum Gasteiger partial charge on any atom is 0.257 e. The van der Waals surface area contributed by atoms with Crippen molar-refractivity contribution in [2.75, 3.05) is 18.4 Å². The van der Waals surface area contributed by atoms with Crippen molar-refractivity contribution in [1.29, 1.82) is 0 Å². The highest BCUT2D eigenvalue weighted by Gasteiger charge is 2.17. The largest absolute Gasteiger partial charge is 0.338 e. The van der Waals surface area contributed by atoms with Crippen molar-refractivity contribution in [2.24, 2.45) is 0 Å². The van der Waals surface area contributed by atoms with Gasteiger partial charge in [0.25, 0.3) is 5.91 Å². The molecule has 0 aromatic carbocycles. The van der Waals surface area contributed by atoms with E-state index in [1.54, 1.807) is 34.2 Å². The van der Waals surface area contributed by atoms with Gasteiger partial charge in [-0.15, -0.1) is 0 Å². The summed E-state index contributed by atoms with van der Waals surface area (Å²) in [7, 11) is 0. The first kappa shape index (κ1) is 12.0. The topological polar surface area (TPSA) is 50.5 Å². The summed E-state index contributed by atoms with van der Waals surface area (Å²) in [5, 5.41) is 4.90. The predicted octanol–water partition coefficient (Wildman–Crippen LogP) is 1.59. The van der Waals surface area contributed by atoms with Crippen LogP contribution in [0.15, 0.2) is 24.8 Å². The van der Waals surface area contributed by atoms with E-state index in [-0.39, 0.29) is 5.91 Å². The highest BCUT2D eigenvalue weighted by atomic mass is 79.9. The van der Waals surface area contributed by atoms with Gasteiger partial charge in [-0.3, -0.25) is 9.78 Å². The molecule has 0 aliphatic carbocycles. The number of amides is 1. The molecule has 17 heavy (non-hydrogen) atoms. The molecule has 2 rings (SSSR count). The first-order valence-corrected chi connectivity index (χ1v) is 6.52. The molecule has 0 saturated heterocycles. The lowest BCUT2D eigenvalue weighted by Crippen LogP contribution is -2.32. The molecular formula is C11H13BrN4O. The second kappa shape index (κ2) is 5.27. The van der Waals surface area contributed by atoms with E-state index in [0.29, 0.717) is 18.7 Å². The van der Waals surface area contributed by atoms with E-state index in [0.717, 1.165) is 10.8 Å². The molecule has 0 fully saturated rings. The summed E-state index contributed by atoms with van der Waals surface area (Å²) >= 11 is 3.35. The lowest BCUT2D eigenvalue weighted by atomic mass is 10.2. The molecule has 2 aromatic rings. The highest BCUT2D eigenvalue weighted by molar-refractivity contribution is 9.09. The van der Waals surface area contributed by atoms with Gasteiger partial charge < -0.3 is 4.90 Å². The van der Waals surface area contributed by atoms with Gasteiger partial charge in [-0.2, -0.15) is 5.10 Å². The van der Waals surface area contributed by atoms with Crippen molar-refractivity contribution in [1.82, 2.24) is 19.5 Å². The first-order chi connectivity index (χ1) is 8.27. The fraction of sp³-hybridized carbons (Fsp3) is 0.364. The molecule has 90 valence electrons. The van der Waals surface area contributed by atoms with E-state index in [4.69, 9.17) is 0 Å². The zero-order valence-electron chi connectivity index (χ0n) is 9.51. The van der Waals surface area contributed by atoms with Gasteiger partial charge in [0.15, 0.2) is 0 Å². The van der Waals surface area contributed by atoms with Crippen molar-refractivity contribution in [3.8, 4) is 0 Å². The predicted molar refractivity (Wildman–Crippen MR) is 68.4 cm³/mol. The van der Waals surface area contributed by atoms with Gasteiger partial charge in [0.2, 0.25) is 0 Å². The van der Waals surface area contributed by atoms with E-state index < -0.39 is 0 Å². The van der Waals surface area contributed by atoms with Crippen LogP contribution in [0.1, 0.15) is 17.3 Å². The van der Waals surface area contributed by atoms with Crippen LogP contribution in [0.3, 0.4) is 0 Å². The molecule has 0 N–H and O–H groups in total. The third-order valence-corrected chi connectivity index (χ3v) is 2.93. The number of fused-ring (bicyclic) bond motifs is 1. The van der Waals surface area contributed by atoms with Crippen molar-refractivity contribution in [2.45, 2.75) is 6.92 Å². The van der Waals surface area contributed by atoms with E-state index in [1.807, 2.05) is 6.92 Å². The molecule has 0 spiro atoms. The standard InChI is InChI=1S/C11H13BrN4O/c1-2-15(5-3-12)11(17)9-7-14-16-6-4-13-8-10(9)16/h4,6-8H,2-3,5H2,1H3. The minimum absolute atomic E-state index is 0.00468. The normalized spacial score (nSPS) is 10.7. The van der Waals surface area contributed by atoms with Crippen LogP contribution in [0.25, 0.3) is 5.52 Å². The van der Waals surface area contributed by atoms with Crippen LogP contribution in [0.2, 0.25) is 0 Å². The fourth-order valence-electron chi connectivity index (χ4n) is 1.67. The van der Waals surface area contributed by atoms with E-state index in [2.05, 4.69) is 26.0 Å². The number of hydrogen-bond acceptors (Lipinski definition) is 3. The quantitative estimate of drug-likeness (QED) is 0.805. The molecule has 0 bridgehead atoms. The Morgan fingerprint density at radius 2 is 2.35 bits per heavy atom. The summed E-state index contributed by atoms with van der Waals surface area (Å²) in [6, 6.07) is 0. The van der Waals surface area contributed by atoms with E-state index in [9.17, 15) is 4.79 Å². The number of rotatable bonds is 4. The monoisotopic (exact) mass is 296 g/mol. The zero-order valence-corrected chi connectivity index (χ0v) is 11.1. The van der Waals surface area contributed by atoms with Gasteiger partial charge in [-0.25, -0.2) is 4.52 Å². The number of aromatic nitrogens is 3. The molecule has 0 unspecified atom stereocenters. The van der Waals surface area contributed by atoms with Crippen LogP contribution in [0.4, 0.5) is 0 Å². The van der Waals surface area contributed by atoms with Crippen molar-refractivity contribution < 1.29 is 4.79 Å². The number of alkyl halides is 1. The molecule has 6 heteroatoms. The summed E-state index contributed by atoms with van der Waals surface area (Å²) in [5.41, 5.74) is 1.34. The Balaban J connectivity index is 2.36. The van der Waals surface area contributed by atoms with Crippen molar-refractivity contribution in [3.63, 3.8) is 0 Å². The smallest absolute Gasteiger partial charge is 0.257 e. The Kier molecular flexibility index (Phi) is 3.73. The van der Waals surface area contributed by atoms with Crippen molar-refractivity contribution in [3.05, 3.63) is 30.4 Å². The molecular weight excluding hydrogens is 284 g/mol. The first-order valence-electron chi connectivity index (χ1n) is 5.40. The Labute approximate surface area is 108 Å². The van der Waals surface area contributed by atoms with Gasteiger partial charge in [-0.1, -0.05) is 15.9 Å². The summed E-state index contributed by atoms with van der Waals surface area (Å²) in [4.78, 5) is 18.1. The van der Waals surface area contributed by atoms with Gasteiger partial charge >= 0.3 is 0 Å². The van der Waals surface area contributed by atoms with Crippen LogP contribution in [-0.4, -0.2) is 43.8 Å². The molecule has 0 radical (unpaired) electrons. The van der Waals surface area contributed by atoms with Crippen LogP contribution in [0.5, 0.6) is 0 Å². The van der Waals surface area contributed by atoms with E-state index >= 15 is 0 Å². The molecule has 0 aliphatic heterocycles. The molecule has 5 nitrogen and oxygen atoms in total. The molecule has 2 heterocycles. The third-order valence-electron chi connectivity index (χ3n) is 2.58. The summed E-state index contributed by atoms with van der Waals surface area (Å²) in [5.74, 6) is -0.00468. The van der Waals surface area contributed by atoms with Crippen LogP contribution in [-0.2, 0) is 0 Å². The fourth-order valence-corrected chi connectivity index (χ4v) is 2.10.